The number of hydrogen-bond donors (Lipinski definition) is 1. The highest BCUT2D eigenvalue weighted by Gasteiger charge is 2.27. The van der Waals surface area contributed by atoms with Crippen molar-refractivity contribution in [1.29, 1.82) is 0 Å². The van der Waals surface area contributed by atoms with E-state index in [9.17, 15) is 4.79 Å². The molecule has 24 heavy (non-hydrogen) atoms. The van der Waals surface area contributed by atoms with Gasteiger partial charge in [-0.2, -0.15) is 0 Å². The van der Waals surface area contributed by atoms with Crippen LogP contribution in [0.4, 0.5) is 0 Å². The van der Waals surface area contributed by atoms with Crippen LogP contribution >= 0.6 is 11.3 Å². The Labute approximate surface area is 146 Å². The summed E-state index contributed by atoms with van der Waals surface area (Å²) in [6.07, 6.45) is 4.68. The summed E-state index contributed by atoms with van der Waals surface area (Å²) >= 11 is 1.70. The number of rotatable bonds is 7. The highest BCUT2D eigenvalue weighted by atomic mass is 32.1. The van der Waals surface area contributed by atoms with E-state index in [2.05, 4.69) is 15.2 Å². The third-order valence-corrected chi connectivity index (χ3v) is 5.27. The van der Waals surface area contributed by atoms with Gasteiger partial charge in [-0.15, -0.1) is 11.3 Å². The average Bonchev–Trinajstić information content (AvgIpc) is 3.29. The molecule has 0 unspecified atom stereocenters. The van der Waals surface area contributed by atoms with Crippen LogP contribution in [0.2, 0.25) is 0 Å². The van der Waals surface area contributed by atoms with Crippen LogP contribution in [0.5, 0.6) is 5.75 Å². The maximum absolute atomic E-state index is 12.2. The molecule has 0 radical (unpaired) electrons. The summed E-state index contributed by atoms with van der Waals surface area (Å²) < 4.78 is 5.31. The number of amides is 1. The van der Waals surface area contributed by atoms with Gasteiger partial charge in [-0.05, 0) is 25.5 Å². The van der Waals surface area contributed by atoms with Gasteiger partial charge in [-0.1, -0.05) is 18.2 Å². The summed E-state index contributed by atoms with van der Waals surface area (Å²) in [7, 11) is 1.65. The summed E-state index contributed by atoms with van der Waals surface area (Å²) in [5.41, 5.74) is 0.996. The zero-order valence-corrected chi connectivity index (χ0v) is 14.7. The number of nitrogens with one attached hydrogen (secondary N) is 1. The maximum atomic E-state index is 12.2. The second-order valence-electron chi connectivity index (χ2n) is 5.90. The van der Waals surface area contributed by atoms with E-state index in [1.165, 1.54) is 11.4 Å². The second-order valence-corrected chi connectivity index (χ2v) is 6.83. The first-order chi connectivity index (χ1) is 11.8. The molecule has 1 N–H and O–H groups in total. The van der Waals surface area contributed by atoms with Crippen molar-refractivity contribution in [2.24, 2.45) is 0 Å². The fourth-order valence-corrected chi connectivity index (χ4v) is 3.96. The molecule has 0 bridgehead atoms. The number of carbonyl (C=O) groups excluding carboxylic acids is 1. The van der Waals surface area contributed by atoms with Crippen LogP contribution in [0.3, 0.4) is 0 Å². The molecule has 5 nitrogen and oxygen atoms in total. The van der Waals surface area contributed by atoms with Gasteiger partial charge in [0.1, 0.15) is 10.8 Å². The molecule has 2 aromatic rings. The Bertz CT molecular complexity index is 660. The van der Waals surface area contributed by atoms with E-state index in [0.717, 1.165) is 30.8 Å². The zero-order chi connectivity index (χ0) is 16.8. The van der Waals surface area contributed by atoms with Gasteiger partial charge in [-0.3, -0.25) is 9.69 Å². The minimum absolute atomic E-state index is 0.0747. The number of hydrogen-bond acceptors (Lipinski definition) is 5. The first kappa shape index (κ1) is 16.9. The van der Waals surface area contributed by atoms with Crippen molar-refractivity contribution in [2.75, 3.05) is 20.2 Å². The quantitative estimate of drug-likeness (QED) is 0.838. The molecule has 2 heterocycles. The monoisotopic (exact) mass is 345 g/mol. The van der Waals surface area contributed by atoms with Crippen LogP contribution in [0.1, 0.15) is 35.9 Å². The molecule has 1 amide bonds. The molecule has 1 saturated heterocycles. The lowest BCUT2D eigenvalue weighted by atomic mass is 10.2. The second kappa shape index (κ2) is 8.26. The average molecular weight is 345 g/mol. The molecule has 0 aliphatic carbocycles. The fraction of sp³-hybridized carbons (Fsp3) is 0.444. The Morgan fingerprint density at radius 1 is 1.46 bits per heavy atom. The molecule has 3 rings (SSSR count). The number of aromatic nitrogens is 1. The Hall–Kier alpha value is -1.92. The van der Waals surface area contributed by atoms with Gasteiger partial charge >= 0.3 is 0 Å². The van der Waals surface area contributed by atoms with Crippen molar-refractivity contribution in [3.05, 3.63) is 46.4 Å². The summed E-state index contributed by atoms with van der Waals surface area (Å²) in [6.45, 7) is 2.32. The Morgan fingerprint density at radius 3 is 3.12 bits per heavy atom. The normalized spacial score (nSPS) is 17.8. The van der Waals surface area contributed by atoms with Crippen molar-refractivity contribution < 1.29 is 9.53 Å². The van der Waals surface area contributed by atoms with Gasteiger partial charge in [-0.25, -0.2) is 4.98 Å². The van der Waals surface area contributed by atoms with E-state index in [-0.39, 0.29) is 5.91 Å². The van der Waals surface area contributed by atoms with Crippen molar-refractivity contribution in [3.8, 4) is 5.75 Å². The standard InChI is InChI=1S/C18H23N3O2S/c1-23-16-7-3-2-5-14(16)13-20-17(22)8-11-21-10-4-6-15(21)18-19-9-12-24-18/h2-3,5,7,9,12,15H,4,6,8,10-11,13H2,1H3,(H,20,22)/t15-/m0/s1. The lowest BCUT2D eigenvalue weighted by Crippen LogP contribution is -2.30. The number of likely N-dealkylation sites (tertiary alicyclic amines) is 1. The molecular weight excluding hydrogens is 322 g/mol. The molecular formula is C18H23N3O2S. The lowest BCUT2D eigenvalue weighted by molar-refractivity contribution is -0.121. The number of thiazole rings is 1. The van der Waals surface area contributed by atoms with Gasteiger partial charge in [0.15, 0.2) is 0 Å². The number of carbonyl (C=O) groups is 1. The molecule has 6 heteroatoms. The minimum Gasteiger partial charge on any atom is -0.496 e. The molecule has 0 spiro atoms. The zero-order valence-electron chi connectivity index (χ0n) is 13.9. The fourth-order valence-electron chi connectivity index (χ4n) is 3.15. The summed E-state index contributed by atoms with van der Waals surface area (Å²) in [5, 5.41) is 6.18. The van der Waals surface area contributed by atoms with Crippen LogP contribution < -0.4 is 10.1 Å². The topological polar surface area (TPSA) is 54.5 Å². The van der Waals surface area contributed by atoms with E-state index in [4.69, 9.17) is 4.74 Å². The van der Waals surface area contributed by atoms with E-state index >= 15 is 0 Å². The molecule has 128 valence electrons. The first-order valence-electron chi connectivity index (χ1n) is 8.30. The smallest absolute Gasteiger partial charge is 0.221 e. The first-order valence-corrected chi connectivity index (χ1v) is 9.18. The molecule has 1 aliphatic heterocycles. The van der Waals surface area contributed by atoms with Crippen LogP contribution in [0, 0.1) is 0 Å². The van der Waals surface area contributed by atoms with Crippen LogP contribution in [0.15, 0.2) is 35.8 Å². The Balaban J connectivity index is 1.47. The molecule has 1 fully saturated rings. The van der Waals surface area contributed by atoms with Gasteiger partial charge in [0.25, 0.3) is 0 Å². The minimum atomic E-state index is 0.0747. The van der Waals surface area contributed by atoms with E-state index in [0.29, 0.717) is 19.0 Å². The van der Waals surface area contributed by atoms with Gasteiger partial charge in [0.05, 0.1) is 13.2 Å². The largest absolute Gasteiger partial charge is 0.496 e. The van der Waals surface area contributed by atoms with Crippen molar-refractivity contribution in [3.63, 3.8) is 0 Å². The Morgan fingerprint density at radius 2 is 2.33 bits per heavy atom. The third-order valence-electron chi connectivity index (χ3n) is 4.39. The lowest BCUT2D eigenvalue weighted by Gasteiger charge is -2.22. The highest BCUT2D eigenvalue weighted by Crippen LogP contribution is 2.32. The number of para-hydroxylation sites is 1. The van der Waals surface area contributed by atoms with Crippen molar-refractivity contribution in [2.45, 2.75) is 31.8 Å². The SMILES string of the molecule is COc1ccccc1CNC(=O)CCN1CCC[C@H]1c1nccs1. The Kier molecular flexibility index (Phi) is 5.82. The summed E-state index contributed by atoms with van der Waals surface area (Å²) in [6, 6.07) is 8.14. The molecule has 1 aromatic heterocycles. The number of ether oxygens (including phenoxy) is 1. The van der Waals surface area contributed by atoms with E-state index in [1.807, 2.05) is 35.8 Å². The maximum Gasteiger partial charge on any atom is 0.221 e. The van der Waals surface area contributed by atoms with Crippen molar-refractivity contribution in [1.82, 2.24) is 15.2 Å². The highest BCUT2D eigenvalue weighted by molar-refractivity contribution is 7.09. The number of benzene rings is 1. The molecule has 1 atom stereocenters. The number of nitrogens with zero attached hydrogens (tertiary/aromatic N) is 2. The van der Waals surface area contributed by atoms with E-state index in [1.54, 1.807) is 18.4 Å². The number of methoxy groups -OCH3 is 1. The summed E-state index contributed by atoms with van der Waals surface area (Å²) in [4.78, 5) is 19.0. The molecule has 1 aromatic carbocycles. The third kappa shape index (κ3) is 4.13. The van der Waals surface area contributed by atoms with Crippen LogP contribution in [-0.2, 0) is 11.3 Å². The molecule has 1 aliphatic rings. The predicted molar refractivity (Wildman–Crippen MR) is 95.1 cm³/mol. The predicted octanol–water partition coefficient (Wildman–Crippen LogP) is 3.00. The van der Waals surface area contributed by atoms with Crippen LogP contribution in [-0.4, -0.2) is 36.0 Å². The summed E-state index contributed by atoms with van der Waals surface area (Å²) in [5.74, 6) is 0.881. The molecule has 0 saturated carbocycles. The van der Waals surface area contributed by atoms with Crippen molar-refractivity contribution >= 4 is 17.2 Å². The van der Waals surface area contributed by atoms with Crippen LogP contribution in [0.25, 0.3) is 0 Å². The van der Waals surface area contributed by atoms with E-state index < -0.39 is 0 Å². The van der Waals surface area contributed by atoms with Gasteiger partial charge < -0.3 is 10.1 Å². The van der Waals surface area contributed by atoms with Gasteiger partial charge in [0.2, 0.25) is 5.91 Å². The van der Waals surface area contributed by atoms with Gasteiger partial charge in [0, 0.05) is 36.7 Å².